The highest BCUT2D eigenvalue weighted by Gasteiger charge is 2.20. The smallest absolute Gasteiger partial charge is 0.243 e. The standard InChI is InChI=1S/C13H18N4O3S/c1-3-8-21(19,20)17-9(2)13(18)14-12-10-6-4-5-7-11(10)15-16-12/h4-7,9,17H,3,8H2,1-2H3,(H2,14,15,16,18). The van der Waals surface area contributed by atoms with Crippen LogP contribution in [-0.4, -0.2) is 36.3 Å². The van der Waals surface area contributed by atoms with Crippen molar-refractivity contribution in [3.05, 3.63) is 24.3 Å². The van der Waals surface area contributed by atoms with Gasteiger partial charge < -0.3 is 5.32 Å². The van der Waals surface area contributed by atoms with Gasteiger partial charge in [-0.3, -0.25) is 9.89 Å². The van der Waals surface area contributed by atoms with Crippen molar-refractivity contribution in [3.63, 3.8) is 0 Å². The second kappa shape index (κ2) is 6.23. The first-order chi connectivity index (χ1) is 9.93. The number of aromatic nitrogens is 2. The van der Waals surface area contributed by atoms with Gasteiger partial charge in [-0.05, 0) is 25.5 Å². The molecule has 0 aliphatic rings. The number of para-hydroxylation sites is 1. The number of H-pyrrole nitrogens is 1. The first-order valence-corrected chi connectivity index (χ1v) is 8.32. The first-order valence-electron chi connectivity index (χ1n) is 6.67. The molecule has 1 aromatic carbocycles. The van der Waals surface area contributed by atoms with E-state index >= 15 is 0 Å². The summed E-state index contributed by atoms with van der Waals surface area (Å²) in [5.74, 6) is -0.0697. The van der Waals surface area contributed by atoms with Crippen LogP contribution in [0.3, 0.4) is 0 Å². The van der Waals surface area contributed by atoms with Crippen molar-refractivity contribution in [2.45, 2.75) is 26.3 Å². The summed E-state index contributed by atoms with van der Waals surface area (Å²) < 4.78 is 25.6. The molecule has 0 saturated heterocycles. The van der Waals surface area contributed by atoms with E-state index < -0.39 is 22.0 Å². The molecule has 1 heterocycles. The molecule has 3 N–H and O–H groups in total. The van der Waals surface area contributed by atoms with E-state index in [1.165, 1.54) is 6.92 Å². The molecule has 1 aromatic heterocycles. The molecule has 2 rings (SSSR count). The summed E-state index contributed by atoms with van der Waals surface area (Å²) >= 11 is 0. The highest BCUT2D eigenvalue weighted by atomic mass is 32.2. The van der Waals surface area contributed by atoms with Gasteiger partial charge in [-0.25, -0.2) is 13.1 Å². The average molecular weight is 310 g/mol. The molecule has 1 atom stereocenters. The van der Waals surface area contributed by atoms with Crippen LogP contribution in [0.2, 0.25) is 0 Å². The Labute approximate surface area is 123 Å². The van der Waals surface area contributed by atoms with Crippen LogP contribution < -0.4 is 10.0 Å². The maximum atomic E-state index is 12.0. The minimum atomic E-state index is -3.44. The molecule has 21 heavy (non-hydrogen) atoms. The predicted molar refractivity (Wildman–Crippen MR) is 81.4 cm³/mol. The summed E-state index contributed by atoms with van der Waals surface area (Å²) in [5.41, 5.74) is 0.798. The normalized spacial score (nSPS) is 13.2. The topological polar surface area (TPSA) is 104 Å². The van der Waals surface area contributed by atoms with Crippen molar-refractivity contribution in [3.8, 4) is 0 Å². The maximum Gasteiger partial charge on any atom is 0.243 e. The highest BCUT2D eigenvalue weighted by Crippen LogP contribution is 2.19. The third-order valence-electron chi connectivity index (χ3n) is 2.93. The van der Waals surface area contributed by atoms with Crippen LogP contribution in [0, 0.1) is 0 Å². The molecule has 8 heteroatoms. The van der Waals surface area contributed by atoms with Crippen LogP contribution in [0.4, 0.5) is 5.82 Å². The predicted octanol–water partition coefficient (Wildman–Crippen LogP) is 1.22. The van der Waals surface area contributed by atoms with E-state index in [-0.39, 0.29) is 5.75 Å². The van der Waals surface area contributed by atoms with Gasteiger partial charge in [-0.2, -0.15) is 5.10 Å². The number of amides is 1. The molecule has 0 aliphatic carbocycles. The van der Waals surface area contributed by atoms with Gasteiger partial charge in [-0.15, -0.1) is 0 Å². The van der Waals surface area contributed by atoms with Gasteiger partial charge in [0.25, 0.3) is 0 Å². The van der Waals surface area contributed by atoms with Crippen LogP contribution in [0.15, 0.2) is 24.3 Å². The van der Waals surface area contributed by atoms with Gasteiger partial charge in [0.2, 0.25) is 15.9 Å². The number of nitrogens with zero attached hydrogens (tertiary/aromatic N) is 1. The van der Waals surface area contributed by atoms with Gasteiger partial charge in [0, 0.05) is 5.39 Å². The number of carbonyl (C=O) groups is 1. The Morgan fingerprint density at radius 1 is 1.38 bits per heavy atom. The molecule has 0 radical (unpaired) electrons. The fourth-order valence-electron chi connectivity index (χ4n) is 1.93. The fraction of sp³-hybridized carbons (Fsp3) is 0.385. The Balaban J connectivity index is 2.07. The zero-order chi connectivity index (χ0) is 15.5. The molecular weight excluding hydrogens is 292 g/mol. The van der Waals surface area contributed by atoms with E-state index in [0.29, 0.717) is 12.2 Å². The molecule has 0 bridgehead atoms. The van der Waals surface area contributed by atoms with E-state index in [2.05, 4.69) is 20.2 Å². The summed E-state index contributed by atoms with van der Waals surface area (Å²) in [5, 5.41) is 10.2. The van der Waals surface area contributed by atoms with E-state index in [0.717, 1.165) is 10.9 Å². The third kappa shape index (κ3) is 3.79. The lowest BCUT2D eigenvalue weighted by Crippen LogP contribution is -2.42. The Bertz CT molecular complexity index is 739. The average Bonchev–Trinajstić information content (AvgIpc) is 2.81. The number of benzene rings is 1. The monoisotopic (exact) mass is 310 g/mol. The lowest BCUT2D eigenvalue weighted by Gasteiger charge is -2.13. The highest BCUT2D eigenvalue weighted by molar-refractivity contribution is 7.89. The fourth-order valence-corrected chi connectivity index (χ4v) is 3.24. The lowest BCUT2D eigenvalue weighted by molar-refractivity contribution is -0.117. The number of sulfonamides is 1. The number of nitrogens with one attached hydrogen (secondary N) is 3. The van der Waals surface area contributed by atoms with Crippen molar-refractivity contribution in [1.29, 1.82) is 0 Å². The second-order valence-electron chi connectivity index (χ2n) is 4.77. The van der Waals surface area contributed by atoms with Gasteiger partial charge in [0.1, 0.15) is 0 Å². The summed E-state index contributed by atoms with van der Waals surface area (Å²) in [4.78, 5) is 12.0. The Morgan fingerprint density at radius 2 is 2.10 bits per heavy atom. The number of rotatable bonds is 6. The van der Waals surface area contributed by atoms with E-state index in [4.69, 9.17) is 0 Å². The Morgan fingerprint density at radius 3 is 2.81 bits per heavy atom. The molecule has 2 aromatic rings. The van der Waals surface area contributed by atoms with Gasteiger partial charge >= 0.3 is 0 Å². The van der Waals surface area contributed by atoms with Crippen molar-refractivity contribution in [2.75, 3.05) is 11.1 Å². The number of aromatic amines is 1. The third-order valence-corrected chi connectivity index (χ3v) is 4.59. The molecule has 0 spiro atoms. The molecule has 0 aliphatic heterocycles. The lowest BCUT2D eigenvalue weighted by atomic mass is 10.2. The number of carbonyl (C=O) groups excluding carboxylic acids is 1. The molecule has 0 saturated carbocycles. The van der Waals surface area contributed by atoms with Crippen LogP contribution >= 0.6 is 0 Å². The zero-order valence-corrected chi connectivity index (χ0v) is 12.7. The summed E-state index contributed by atoms with van der Waals surface area (Å²) in [7, 11) is -3.44. The van der Waals surface area contributed by atoms with Crippen LogP contribution in [-0.2, 0) is 14.8 Å². The van der Waals surface area contributed by atoms with E-state index in [9.17, 15) is 13.2 Å². The Kier molecular flexibility index (Phi) is 4.59. The SMILES string of the molecule is CCCS(=O)(=O)NC(C)C(=O)Nc1n[nH]c2ccccc12. The second-order valence-corrected chi connectivity index (χ2v) is 6.64. The summed E-state index contributed by atoms with van der Waals surface area (Å²) in [6.07, 6.45) is 0.494. The molecule has 0 fully saturated rings. The molecular formula is C13H18N4O3S. The molecule has 114 valence electrons. The number of anilines is 1. The van der Waals surface area contributed by atoms with Gasteiger partial charge in [0.15, 0.2) is 5.82 Å². The Hall–Kier alpha value is -1.93. The van der Waals surface area contributed by atoms with Crippen molar-refractivity contribution in [2.24, 2.45) is 0 Å². The van der Waals surface area contributed by atoms with Crippen molar-refractivity contribution >= 4 is 32.7 Å². The molecule has 1 amide bonds. The first kappa shape index (κ1) is 15.5. The quantitative estimate of drug-likeness (QED) is 0.746. The summed E-state index contributed by atoms with van der Waals surface area (Å²) in [6.45, 7) is 3.26. The minimum absolute atomic E-state index is 0.00401. The molecule has 1 unspecified atom stereocenters. The van der Waals surface area contributed by atoms with Crippen molar-refractivity contribution < 1.29 is 13.2 Å². The van der Waals surface area contributed by atoms with Crippen LogP contribution in [0.5, 0.6) is 0 Å². The van der Waals surface area contributed by atoms with Gasteiger partial charge in [0.05, 0.1) is 17.3 Å². The minimum Gasteiger partial charge on any atom is -0.307 e. The largest absolute Gasteiger partial charge is 0.307 e. The number of hydrogen-bond acceptors (Lipinski definition) is 4. The van der Waals surface area contributed by atoms with Crippen LogP contribution in [0.25, 0.3) is 10.9 Å². The van der Waals surface area contributed by atoms with Gasteiger partial charge in [-0.1, -0.05) is 19.1 Å². The summed E-state index contributed by atoms with van der Waals surface area (Å²) in [6, 6.07) is 6.48. The van der Waals surface area contributed by atoms with E-state index in [1.54, 1.807) is 6.92 Å². The van der Waals surface area contributed by atoms with E-state index in [1.807, 2.05) is 24.3 Å². The van der Waals surface area contributed by atoms with Crippen LogP contribution in [0.1, 0.15) is 20.3 Å². The maximum absolute atomic E-state index is 12.0. The van der Waals surface area contributed by atoms with Crippen molar-refractivity contribution in [1.82, 2.24) is 14.9 Å². The zero-order valence-electron chi connectivity index (χ0n) is 11.9. The number of hydrogen-bond donors (Lipinski definition) is 3. The molecule has 7 nitrogen and oxygen atoms in total. The number of fused-ring (bicyclic) bond motifs is 1.